The average Bonchev–Trinajstić information content (AvgIpc) is 3.28. The number of carbonyl (C=O) groups is 1. The summed E-state index contributed by atoms with van der Waals surface area (Å²) in [6.07, 6.45) is 1.06. The van der Waals surface area contributed by atoms with Crippen LogP contribution in [0.4, 0.5) is 17.1 Å². The lowest BCUT2D eigenvalue weighted by Crippen LogP contribution is -2.36. The molecule has 1 heterocycles. The fourth-order valence-corrected chi connectivity index (χ4v) is 6.20. The smallest absolute Gasteiger partial charge is 0.261 e. The van der Waals surface area contributed by atoms with Crippen LogP contribution in [0.3, 0.4) is 0 Å². The first-order valence-corrected chi connectivity index (χ1v) is 15.1. The van der Waals surface area contributed by atoms with Gasteiger partial charge in [0.2, 0.25) is 5.91 Å². The maximum absolute atomic E-state index is 13.3. The number of benzene rings is 4. The summed E-state index contributed by atoms with van der Waals surface area (Å²) in [4.78, 5) is 13.3. The Bertz CT molecular complexity index is 1690. The van der Waals surface area contributed by atoms with Crippen LogP contribution in [0.25, 0.3) is 0 Å². The van der Waals surface area contributed by atoms with Crippen LogP contribution in [0.15, 0.2) is 113 Å². The molecule has 0 radical (unpaired) electrons. The predicted molar refractivity (Wildman–Crippen MR) is 148 cm³/mol. The molecule has 10 heteroatoms. The maximum Gasteiger partial charge on any atom is 0.261 e. The first-order valence-electron chi connectivity index (χ1n) is 11.8. The summed E-state index contributed by atoms with van der Waals surface area (Å²) < 4.78 is 52.1. The van der Waals surface area contributed by atoms with Gasteiger partial charge in [-0.2, -0.15) is 0 Å². The van der Waals surface area contributed by atoms with E-state index in [9.17, 15) is 21.6 Å². The highest BCUT2D eigenvalue weighted by molar-refractivity contribution is 7.92. The quantitative estimate of drug-likeness (QED) is 0.314. The van der Waals surface area contributed by atoms with Crippen LogP contribution in [-0.2, 0) is 24.7 Å². The minimum absolute atomic E-state index is 0.0329. The molecular formula is C28H25N3O5S2. The third kappa shape index (κ3) is 5.27. The molecule has 0 aromatic heterocycles. The molecule has 5 rings (SSSR count). The molecule has 0 saturated carbocycles. The normalized spacial score (nSPS) is 16.8. The Labute approximate surface area is 221 Å². The lowest BCUT2D eigenvalue weighted by atomic mass is 9.87. The van der Waals surface area contributed by atoms with E-state index >= 15 is 0 Å². The third-order valence-electron chi connectivity index (χ3n) is 6.33. The molecule has 0 spiro atoms. The van der Waals surface area contributed by atoms with E-state index in [-0.39, 0.29) is 21.6 Å². The number of nitrogens with one attached hydrogen (secondary N) is 3. The van der Waals surface area contributed by atoms with Crippen LogP contribution in [-0.4, -0.2) is 35.0 Å². The van der Waals surface area contributed by atoms with Crippen LogP contribution >= 0.6 is 0 Å². The maximum atomic E-state index is 13.3. The van der Waals surface area contributed by atoms with E-state index in [0.29, 0.717) is 11.4 Å². The Morgan fingerprint density at radius 2 is 1.34 bits per heavy atom. The summed E-state index contributed by atoms with van der Waals surface area (Å²) in [7, 11) is -7.44. The van der Waals surface area contributed by atoms with E-state index in [1.54, 1.807) is 18.2 Å². The number of hydrogen-bond acceptors (Lipinski definition) is 6. The second-order valence-electron chi connectivity index (χ2n) is 9.02. The van der Waals surface area contributed by atoms with E-state index < -0.39 is 25.9 Å². The van der Waals surface area contributed by atoms with E-state index in [4.69, 9.17) is 0 Å². The first kappa shape index (κ1) is 25.5. The monoisotopic (exact) mass is 547 g/mol. The van der Waals surface area contributed by atoms with Gasteiger partial charge in [0.25, 0.3) is 10.0 Å². The molecule has 0 saturated heterocycles. The number of sulfonamides is 1. The highest BCUT2D eigenvalue weighted by Gasteiger charge is 2.38. The van der Waals surface area contributed by atoms with Gasteiger partial charge in [-0.3, -0.25) is 9.52 Å². The average molecular weight is 548 g/mol. The molecule has 1 amide bonds. The number of hydrogen-bond donors (Lipinski definition) is 3. The third-order valence-corrected chi connectivity index (χ3v) is 8.85. The van der Waals surface area contributed by atoms with Crippen molar-refractivity contribution < 1.29 is 21.6 Å². The highest BCUT2D eigenvalue weighted by atomic mass is 32.2. The summed E-state index contributed by atoms with van der Waals surface area (Å²) >= 11 is 0. The van der Waals surface area contributed by atoms with Crippen LogP contribution in [0, 0.1) is 0 Å². The number of anilines is 3. The topological polar surface area (TPSA) is 121 Å². The van der Waals surface area contributed by atoms with Crippen molar-refractivity contribution in [1.82, 2.24) is 0 Å². The van der Waals surface area contributed by atoms with Crippen molar-refractivity contribution in [3.05, 3.63) is 114 Å². The van der Waals surface area contributed by atoms with Gasteiger partial charge >= 0.3 is 0 Å². The van der Waals surface area contributed by atoms with Crippen molar-refractivity contribution in [3.8, 4) is 0 Å². The minimum Gasteiger partial charge on any atom is -0.373 e. The molecule has 2 unspecified atom stereocenters. The summed E-state index contributed by atoms with van der Waals surface area (Å²) in [5.41, 5.74) is 3.41. The van der Waals surface area contributed by atoms with Crippen LogP contribution in [0.1, 0.15) is 17.0 Å². The van der Waals surface area contributed by atoms with Crippen molar-refractivity contribution in [1.29, 1.82) is 0 Å². The van der Waals surface area contributed by atoms with Gasteiger partial charge in [-0.25, -0.2) is 16.8 Å². The van der Waals surface area contributed by atoms with Gasteiger partial charge < -0.3 is 10.6 Å². The van der Waals surface area contributed by atoms with Gasteiger partial charge in [0.05, 0.1) is 9.79 Å². The lowest BCUT2D eigenvalue weighted by molar-refractivity contribution is -0.117. The Hall–Kier alpha value is -4.15. The fourth-order valence-electron chi connectivity index (χ4n) is 4.52. The number of para-hydroxylation sites is 1. The SMILES string of the molecule is CS(=O)(=O)c1ccc(S(=O)(=O)Nc2ccc3c(c2)C(c2ccccc2)C(C(=O)Nc2ccccc2)N3)cc1. The molecule has 1 aliphatic heterocycles. The molecular weight excluding hydrogens is 522 g/mol. The van der Waals surface area contributed by atoms with Crippen molar-refractivity contribution in [2.45, 2.75) is 21.8 Å². The van der Waals surface area contributed by atoms with E-state index in [1.165, 1.54) is 24.3 Å². The van der Waals surface area contributed by atoms with Crippen molar-refractivity contribution >= 4 is 42.8 Å². The zero-order chi connectivity index (χ0) is 26.9. The molecule has 3 N–H and O–H groups in total. The van der Waals surface area contributed by atoms with E-state index in [2.05, 4.69) is 15.4 Å². The highest BCUT2D eigenvalue weighted by Crippen LogP contribution is 2.42. The molecule has 194 valence electrons. The molecule has 4 aromatic rings. The number of rotatable bonds is 7. The summed E-state index contributed by atoms with van der Waals surface area (Å²) in [6.45, 7) is 0. The van der Waals surface area contributed by atoms with Gasteiger partial charge in [-0.05, 0) is 65.7 Å². The molecule has 0 fully saturated rings. The van der Waals surface area contributed by atoms with Crippen LogP contribution in [0.5, 0.6) is 0 Å². The van der Waals surface area contributed by atoms with Crippen molar-refractivity contribution in [3.63, 3.8) is 0 Å². The Balaban J connectivity index is 1.45. The second kappa shape index (κ2) is 9.96. The number of fused-ring (bicyclic) bond motifs is 1. The zero-order valence-electron chi connectivity index (χ0n) is 20.3. The summed E-state index contributed by atoms with van der Waals surface area (Å²) in [5.74, 6) is -0.581. The zero-order valence-corrected chi connectivity index (χ0v) is 22.0. The molecule has 8 nitrogen and oxygen atoms in total. The fraction of sp³-hybridized carbons (Fsp3) is 0.107. The predicted octanol–water partition coefficient (Wildman–Crippen LogP) is 4.46. The molecule has 0 bridgehead atoms. The van der Waals surface area contributed by atoms with Gasteiger partial charge in [0.1, 0.15) is 6.04 Å². The molecule has 4 aromatic carbocycles. The summed E-state index contributed by atoms with van der Waals surface area (Å²) in [6, 6.07) is 28.2. The van der Waals surface area contributed by atoms with Gasteiger partial charge in [0, 0.05) is 29.2 Å². The lowest BCUT2D eigenvalue weighted by Gasteiger charge is -2.21. The molecule has 1 aliphatic rings. The van der Waals surface area contributed by atoms with Crippen LogP contribution in [0.2, 0.25) is 0 Å². The number of sulfone groups is 1. The molecule has 2 atom stereocenters. The van der Waals surface area contributed by atoms with Crippen molar-refractivity contribution in [2.24, 2.45) is 0 Å². The first-order chi connectivity index (χ1) is 18.1. The molecule has 38 heavy (non-hydrogen) atoms. The van der Waals surface area contributed by atoms with E-state index in [1.807, 2.05) is 60.7 Å². The Morgan fingerprint density at radius 1 is 0.737 bits per heavy atom. The summed E-state index contributed by atoms with van der Waals surface area (Å²) in [5, 5.41) is 6.25. The minimum atomic E-state index is -3.99. The number of carbonyl (C=O) groups excluding carboxylic acids is 1. The van der Waals surface area contributed by atoms with Gasteiger partial charge in [-0.15, -0.1) is 0 Å². The van der Waals surface area contributed by atoms with Crippen molar-refractivity contribution in [2.75, 3.05) is 21.6 Å². The molecule has 0 aliphatic carbocycles. The standard InChI is InChI=1S/C28H25N3O5S2/c1-37(33,34)22-13-15-23(16-14-22)38(35,36)31-21-12-17-25-24(18-21)26(19-8-4-2-5-9-19)27(30-25)28(32)29-20-10-6-3-7-11-20/h2-18,26-27,30-31H,1H3,(H,29,32). The Morgan fingerprint density at radius 3 is 1.97 bits per heavy atom. The van der Waals surface area contributed by atoms with Crippen LogP contribution < -0.4 is 15.4 Å². The van der Waals surface area contributed by atoms with Gasteiger partial charge in [0.15, 0.2) is 9.84 Å². The number of amides is 1. The van der Waals surface area contributed by atoms with E-state index in [0.717, 1.165) is 23.1 Å². The largest absolute Gasteiger partial charge is 0.373 e. The van der Waals surface area contributed by atoms with Gasteiger partial charge in [-0.1, -0.05) is 48.5 Å². The Kier molecular flexibility index (Phi) is 6.68. The second-order valence-corrected chi connectivity index (χ2v) is 12.7.